The molecule has 1 N–H and O–H groups in total. The van der Waals surface area contributed by atoms with Crippen LogP contribution < -0.4 is 0 Å². The van der Waals surface area contributed by atoms with Gasteiger partial charge < -0.3 is 0 Å². The fraction of sp³-hybridized carbons (Fsp3) is 0.125. The molecule has 0 aromatic heterocycles. The van der Waals surface area contributed by atoms with Gasteiger partial charge in [-0.2, -0.15) is 0 Å². The first-order chi connectivity index (χ1) is 6.11. The fourth-order valence-electron chi connectivity index (χ4n) is 1.33. The minimum atomic E-state index is -0.794. The molecule has 0 fully saturated rings. The zero-order chi connectivity index (χ0) is 9.59. The topological polar surface area (TPSA) is 74.7 Å². The lowest BCUT2D eigenvalue weighted by atomic mass is 9.99. The van der Waals surface area contributed by atoms with Gasteiger partial charge in [0.25, 0.3) is 11.8 Å². The van der Waals surface area contributed by atoms with Crippen LogP contribution in [0.25, 0.3) is 0 Å². The van der Waals surface area contributed by atoms with E-state index in [1.54, 1.807) is 0 Å². The highest BCUT2D eigenvalue weighted by Gasteiger charge is 2.38. The van der Waals surface area contributed by atoms with E-state index in [-0.39, 0.29) is 28.4 Å². The molecule has 5 nitrogen and oxygen atoms in total. The van der Waals surface area contributed by atoms with Crippen molar-refractivity contribution < 1.29 is 19.6 Å². The van der Waals surface area contributed by atoms with Crippen LogP contribution in [0.2, 0.25) is 0 Å². The number of allylic oxidation sites excluding steroid dienone is 1. The summed E-state index contributed by atoms with van der Waals surface area (Å²) in [5.41, 5.74) is 0.201. The van der Waals surface area contributed by atoms with Crippen molar-refractivity contribution in [3.05, 3.63) is 23.3 Å². The molecule has 0 aromatic carbocycles. The summed E-state index contributed by atoms with van der Waals surface area (Å²) < 4.78 is 0. The summed E-state index contributed by atoms with van der Waals surface area (Å²) in [6.07, 6.45) is 2.38. The molecule has 0 saturated heterocycles. The third kappa shape index (κ3) is 0.940. The molecule has 66 valence electrons. The molecule has 0 spiro atoms. The van der Waals surface area contributed by atoms with E-state index >= 15 is 0 Å². The van der Waals surface area contributed by atoms with Gasteiger partial charge in [-0.1, -0.05) is 0 Å². The highest BCUT2D eigenvalue weighted by molar-refractivity contribution is 6.23. The number of rotatable bonds is 0. The van der Waals surface area contributed by atoms with Gasteiger partial charge in [0.2, 0.25) is 0 Å². The first-order valence-corrected chi connectivity index (χ1v) is 3.63. The van der Waals surface area contributed by atoms with Crippen LogP contribution in [-0.2, 0) is 14.4 Å². The van der Waals surface area contributed by atoms with E-state index in [9.17, 15) is 14.4 Å². The number of nitrogens with zero attached hydrogens (tertiary/aromatic N) is 1. The van der Waals surface area contributed by atoms with Gasteiger partial charge in [-0.05, 0) is 12.2 Å². The van der Waals surface area contributed by atoms with Gasteiger partial charge in [-0.25, -0.2) is 0 Å². The van der Waals surface area contributed by atoms with E-state index < -0.39 is 11.8 Å². The normalized spacial score (nSPS) is 21.6. The standard InChI is InChI=1S/C8H5NO4/c10-4-1-2-5-6(3-4)8(12)9(13)7(5)11/h1-2,13H,3H2. The predicted molar refractivity (Wildman–Crippen MR) is 39.4 cm³/mol. The highest BCUT2D eigenvalue weighted by Crippen LogP contribution is 2.26. The Labute approximate surface area is 72.9 Å². The first-order valence-electron chi connectivity index (χ1n) is 3.63. The summed E-state index contributed by atoms with van der Waals surface area (Å²) in [7, 11) is 0. The lowest BCUT2D eigenvalue weighted by molar-refractivity contribution is -0.170. The van der Waals surface area contributed by atoms with Crippen molar-refractivity contribution in [2.24, 2.45) is 0 Å². The monoisotopic (exact) mass is 179 g/mol. The Morgan fingerprint density at radius 1 is 1.15 bits per heavy atom. The van der Waals surface area contributed by atoms with Gasteiger partial charge in [0.15, 0.2) is 5.78 Å². The number of hydrogen-bond acceptors (Lipinski definition) is 4. The van der Waals surface area contributed by atoms with E-state index in [1.165, 1.54) is 12.2 Å². The van der Waals surface area contributed by atoms with Crippen molar-refractivity contribution in [3.63, 3.8) is 0 Å². The second-order valence-electron chi connectivity index (χ2n) is 2.79. The van der Waals surface area contributed by atoms with Crippen molar-refractivity contribution in [3.8, 4) is 0 Å². The molecule has 0 radical (unpaired) electrons. The first kappa shape index (κ1) is 7.88. The maximum Gasteiger partial charge on any atom is 0.285 e. The van der Waals surface area contributed by atoms with Crippen molar-refractivity contribution in [1.29, 1.82) is 0 Å². The van der Waals surface area contributed by atoms with E-state index in [0.29, 0.717) is 0 Å². The summed E-state index contributed by atoms with van der Waals surface area (Å²) in [5, 5.41) is 8.97. The molecule has 1 aliphatic heterocycles. The van der Waals surface area contributed by atoms with E-state index in [4.69, 9.17) is 5.21 Å². The molecule has 13 heavy (non-hydrogen) atoms. The van der Waals surface area contributed by atoms with E-state index in [1.807, 2.05) is 0 Å². The third-order valence-electron chi connectivity index (χ3n) is 1.99. The third-order valence-corrected chi connectivity index (χ3v) is 1.99. The Morgan fingerprint density at radius 3 is 2.54 bits per heavy atom. The van der Waals surface area contributed by atoms with Crippen LogP contribution in [-0.4, -0.2) is 27.9 Å². The van der Waals surface area contributed by atoms with Gasteiger partial charge in [-0.3, -0.25) is 19.6 Å². The average molecular weight is 179 g/mol. The van der Waals surface area contributed by atoms with Gasteiger partial charge in [0.05, 0.1) is 5.57 Å². The van der Waals surface area contributed by atoms with Crippen molar-refractivity contribution in [1.82, 2.24) is 5.06 Å². The van der Waals surface area contributed by atoms with Gasteiger partial charge in [-0.15, -0.1) is 5.06 Å². The lowest BCUT2D eigenvalue weighted by Gasteiger charge is -2.02. The van der Waals surface area contributed by atoms with Crippen molar-refractivity contribution in [2.75, 3.05) is 0 Å². The maximum absolute atomic E-state index is 11.1. The summed E-state index contributed by atoms with van der Waals surface area (Å²) in [6, 6.07) is 0. The minimum absolute atomic E-state index is 0.0353. The zero-order valence-corrected chi connectivity index (χ0v) is 6.48. The van der Waals surface area contributed by atoms with Crippen LogP contribution in [0.1, 0.15) is 6.42 Å². The van der Waals surface area contributed by atoms with Crippen LogP contribution in [0.5, 0.6) is 0 Å². The second-order valence-corrected chi connectivity index (χ2v) is 2.79. The fourth-order valence-corrected chi connectivity index (χ4v) is 1.33. The maximum atomic E-state index is 11.1. The number of carbonyl (C=O) groups excluding carboxylic acids is 3. The molecule has 2 rings (SSSR count). The smallest absolute Gasteiger partial charge is 0.285 e. The lowest BCUT2D eigenvalue weighted by Crippen LogP contribution is -2.27. The van der Waals surface area contributed by atoms with Crippen LogP contribution in [0.4, 0.5) is 0 Å². The van der Waals surface area contributed by atoms with E-state index in [2.05, 4.69) is 0 Å². The average Bonchev–Trinajstić information content (AvgIpc) is 2.32. The number of imide groups is 1. The Morgan fingerprint density at radius 2 is 1.85 bits per heavy atom. The predicted octanol–water partition coefficient (Wildman–Crippen LogP) is -0.430. The number of carbonyl (C=O) groups is 3. The second kappa shape index (κ2) is 2.37. The Hall–Kier alpha value is -1.75. The molecular weight excluding hydrogens is 174 g/mol. The summed E-state index contributed by atoms with van der Waals surface area (Å²) in [4.78, 5) is 33.1. The molecule has 1 aliphatic carbocycles. The number of hydrogen-bond donors (Lipinski definition) is 1. The van der Waals surface area contributed by atoms with Crippen molar-refractivity contribution >= 4 is 17.6 Å². The zero-order valence-electron chi connectivity index (χ0n) is 6.48. The van der Waals surface area contributed by atoms with Gasteiger partial charge in [0, 0.05) is 12.0 Å². The molecule has 5 heteroatoms. The Kier molecular flexibility index (Phi) is 1.43. The van der Waals surface area contributed by atoms with Crippen molar-refractivity contribution in [2.45, 2.75) is 6.42 Å². The number of ketones is 1. The summed E-state index contributed by atoms with van der Waals surface area (Å²) >= 11 is 0. The Balaban J connectivity index is 2.50. The molecule has 1 heterocycles. The SMILES string of the molecule is O=C1C=CC2=C(C1)C(=O)N(O)C2=O. The molecule has 0 bridgehead atoms. The van der Waals surface area contributed by atoms with Gasteiger partial charge in [0.1, 0.15) is 0 Å². The van der Waals surface area contributed by atoms with Crippen LogP contribution in [0, 0.1) is 0 Å². The Bertz CT molecular complexity index is 391. The number of amides is 2. The summed E-state index contributed by atoms with van der Waals surface area (Å²) in [5.74, 6) is -1.79. The molecule has 2 aliphatic rings. The largest absolute Gasteiger partial charge is 0.294 e. The number of hydroxylamine groups is 2. The van der Waals surface area contributed by atoms with E-state index in [0.717, 1.165) is 0 Å². The summed E-state index contributed by atoms with van der Waals surface area (Å²) in [6.45, 7) is 0. The van der Waals surface area contributed by atoms with Crippen LogP contribution >= 0.6 is 0 Å². The van der Waals surface area contributed by atoms with Gasteiger partial charge >= 0.3 is 0 Å². The molecular formula is C8H5NO4. The minimum Gasteiger partial charge on any atom is -0.294 e. The quantitative estimate of drug-likeness (QED) is 0.404. The molecule has 0 unspecified atom stereocenters. The van der Waals surface area contributed by atoms with Crippen LogP contribution in [0.15, 0.2) is 23.3 Å². The molecule has 0 saturated carbocycles. The molecule has 2 amide bonds. The molecule has 0 aromatic rings. The van der Waals surface area contributed by atoms with Crippen LogP contribution in [0.3, 0.4) is 0 Å². The molecule has 0 atom stereocenters. The highest BCUT2D eigenvalue weighted by atomic mass is 16.5.